The van der Waals surface area contributed by atoms with Crippen molar-refractivity contribution >= 4 is 17.2 Å². The Balaban J connectivity index is 1.65. The van der Waals surface area contributed by atoms with Crippen molar-refractivity contribution in [3.8, 4) is 5.75 Å². The number of likely N-dealkylation sites (tertiary alicyclic amines) is 1. The third kappa shape index (κ3) is 5.06. The number of benzene rings is 1. The number of hydrogen-bond acceptors (Lipinski definition) is 4. The first-order chi connectivity index (χ1) is 12.3. The Morgan fingerprint density at radius 1 is 1.20 bits per heavy atom. The van der Waals surface area contributed by atoms with Gasteiger partial charge in [0.25, 0.3) is 0 Å². The molecule has 0 unspecified atom stereocenters. The van der Waals surface area contributed by atoms with Crippen LogP contribution in [-0.2, 0) is 11.2 Å². The van der Waals surface area contributed by atoms with Crippen LogP contribution in [0.15, 0.2) is 41.1 Å². The fourth-order valence-corrected chi connectivity index (χ4v) is 4.03. The van der Waals surface area contributed by atoms with Gasteiger partial charge in [0.05, 0.1) is 19.6 Å². The zero-order valence-corrected chi connectivity index (χ0v) is 15.6. The van der Waals surface area contributed by atoms with E-state index in [2.05, 4.69) is 22.3 Å². The quantitative estimate of drug-likeness (QED) is 0.821. The molecular formula is C20H26N2O2S. The van der Waals surface area contributed by atoms with Crippen molar-refractivity contribution < 1.29 is 9.53 Å². The second-order valence-corrected chi connectivity index (χ2v) is 7.28. The van der Waals surface area contributed by atoms with Gasteiger partial charge in [-0.1, -0.05) is 18.6 Å². The highest BCUT2D eigenvalue weighted by molar-refractivity contribution is 7.07. The molecule has 0 radical (unpaired) electrons. The minimum Gasteiger partial charge on any atom is -0.497 e. The van der Waals surface area contributed by atoms with Crippen LogP contribution in [0.25, 0.3) is 0 Å². The van der Waals surface area contributed by atoms with Crippen LogP contribution in [0.3, 0.4) is 0 Å². The van der Waals surface area contributed by atoms with E-state index in [9.17, 15) is 4.79 Å². The molecule has 0 bridgehead atoms. The summed E-state index contributed by atoms with van der Waals surface area (Å²) in [7, 11) is 1.68. The summed E-state index contributed by atoms with van der Waals surface area (Å²) in [6.45, 7) is 2.84. The van der Waals surface area contributed by atoms with E-state index in [0.29, 0.717) is 13.0 Å². The highest BCUT2D eigenvalue weighted by atomic mass is 32.1. The molecule has 4 nitrogen and oxygen atoms in total. The highest BCUT2D eigenvalue weighted by Crippen LogP contribution is 2.26. The molecule has 3 rings (SSSR count). The second kappa shape index (κ2) is 9.02. The maximum atomic E-state index is 12.3. The molecule has 1 aliphatic rings. The van der Waals surface area contributed by atoms with Crippen molar-refractivity contribution in [2.24, 2.45) is 0 Å². The number of thiophene rings is 1. The standard InChI is InChI=1S/C20H26N2O2S/c1-24-18-7-5-17(6-8-18)19(22-10-3-2-4-11-22)14-21-20(23)13-16-9-12-25-15-16/h5-9,12,15,19H,2-4,10-11,13-14H2,1H3,(H,21,23)/t19-/m0/s1. The van der Waals surface area contributed by atoms with Crippen molar-refractivity contribution in [3.05, 3.63) is 52.2 Å². The first kappa shape index (κ1) is 18.0. The molecule has 1 aromatic heterocycles. The van der Waals surface area contributed by atoms with Gasteiger partial charge in [-0.25, -0.2) is 0 Å². The van der Waals surface area contributed by atoms with Gasteiger partial charge in [0, 0.05) is 6.54 Å². The van der Waals surface area contributed by atoms with Crippen LogP contribution in [-0.4, -0.2) is 37.6 Å². The number of nitrogens with one attached hydrogen (secondary N) is 1. The molecule has 1 aliphatic heterocycles. The van der Waals surface area contributed by atoms with Gasteiger partial charge < -0.3 is 10.1 Å². The lowest BCUT2D eigenvalue weighted by atomic mass is 10.0. The van der Waals surface area contributed by atoms with Crippen LogP contribution in [0.5, 0.6) is 5.75 Å². The van der Waals surface area contributed by atoms with E-state index in [1.165, 1.54) is 24.8 Å². The third-order valence-corrected chi connectivity index (χ3v) is 5.50. The number of hydrogen-bond donors (Lipinski definition) is 1. The number of piperidine rings is 1. The van der Waals surface area contributed by atoms with E-state index in [-0.39, 0.29) is 11.9 Å². The average Bonchev–Trinajstić information content (AvgIpc) is 3.16. The van der Waals surface area contributed by atoms with Gasteiger partial charge >= 0.3 is 0 Å². The Hall–Kier alpha value is -1.85. The molecule has 1 amide bonds. The number of rotatable bonds is 7. The van der Waals surface area contributed by atoms with Gasteiger partial charge in [0.15, 0.2) is 0 Å². The van der Waals surface area contributed by atoms with Crippen LogP contribution < -0.4 is 10.1 Å². The van der Waals surface area contributed by atoms with Crippen molar-refractivity contribution in [1.29, 1.82) is 0 Å². The molecule has 1 atom stereocenters. The Kier molecular flexibility index (Phi) is 6.48. The van der Waals surface area contributed by atoms with Gasteiger partial charge in [-0.3, -0.25) is 9.69 Å². The predicted molar refractivity (Wildman–Crippen MR) is 102 cm³/mol. The number of ether oxygens (including phenoxy) is 1. The smallest absolute Gasteiger partial charge is 0.224 e. The summed E-state index contributed by atoms with van der Waals surface area (Å²) in [4.78, 5) is 14.8. The van der Waals surface area contributed by atoms with E-state index in [4.69, 9.17) is 4.74 Å². The van der Waals surface area contributed by atoms with Gasteiger partial charge in [-0.15, -0.1) is 0 Å². The summed E-state index contributed by atoms with van der Waals surface area (Å²) in [5.41, 5.74) is 2.32. The monoisotopic (exact) mass is 358 g/mol. The minimum absolute atomic E-state index is 0.0916. The van der Waals surface area contributed by atoms with Crippen LogP contribution in [0.2, 0.25) is 0 Å². The summed E-state index contributed by atoms with van der Waals surface area (Å²) >= 11 is 1.63. The highest BCUT2D eigenvalue weighted by Gasteiger charge is 2.23. The molecule has 2 aromatic rings. The lowest BCUT2D eigenvalue weighted by Gasteiger charge is -2.35. The fraction of sp³-hybridized carbons (Fsp3) is 0.450. The van der Waals surface area contributed by atoms with Crippen LogP contribution >= 0.6 is 11.3 Å². The molecule has 134 valence electrons. The molecule has 2 heterocycles. The normalized spacial score (nSPS) is 16.4. The molecular weight excluding hydrogens is 332 g/mol. The van der Waals surface area contributed by atoms with Crippen LogP contribution in [0.4, 0.5) is 0 Å². The number of methoxy groups -OCH3 is 1. The molecule has 5 heteroatoms. The summed E-state index contributed by atoms with van der Waals surface area (Å²) in [6, 6.07) is 10.5. The van der Waals surface area contributed by atoms with E-state index in [1.54, 1.807) is 18.4 Å². The Bertz CT molecular complexity index is 649. The molecule has 25 heavy (non-hydrogen) atoms. The van der Waals surface area contributed by atoms with E-state index >= 15 is 0 Å². The maximum absolute atomic E-state index is 12.3. The zero-order chi connectivity index (χ0) is 17.5. The van der Waals surface area contributed by atoms with Gasteiger partial charge in [0.1, 0.15) is 5.75 Å². The number of nitrogens with zero attached hydrogens (tertiary/aromatic N) is 1. The van der Waals surface area contributed by atoms with Gasteiger partial charge in [-0.2, -0.15) is 11.3 Å². The number of carbonyl (C=O) groups excluding carboxylic acids is 1. The Labute approximate surface area is 153 Å². The van der Waals surface area contributed by atoms with Crippen LogP contribution in [0, 0.1) is 0 Å². The first-order valence-corrected chi connectivity index (χ1v) is 9.86. The fourth-order valence-electron chi connectivity index (χ4n) is 3.37. The van der Waals surface area contributed by atoms with Crippen molar-refractivity contribution in [2.45, 2.75) is 31.7 Å². The summed E-state index contributed by atoms with van der Waals surface area (Å²) < 4.78 is 5.27. The summed E-state index contributed by atoms with van der Waals surface area (Å²) in [5.74, 6) is 0.955. The van der Waals surface area contributed by atoms with Gasteiger partial charge in [0.2, 0.25) is 5.91 Å². The van der Waals surface area contributed by atoms with E-state index in [0.717, 1.165) is 24.4 Å². The van der Waals surface area contributed by atoms with Crippen molar-refractivity contribution in [1.82, 2.24) is 10.2 Å². The third-order valence-electron chi connectivity index (χ3n) is 4.77. The largest absolute Gasteiger partial charge is 0.497 e. The first-order valence-electron chi connectivity index (χ1n) is 8.92. The minimum atomic E-state index is 0.0916. The number of carbonyl (C=O) groups is 1. The molecule has 0 aliphatic carbocycles. The molecule has 0 saturated carbocycles. The van der Waals surface area contributed by atoms with Crippen molar-refractivity contribution in [2.75, 3.05) is 26.7 Å². The molecule has 1 N–H and O–H groups in total. The van der Waals surface area contributed by atoms with E-state index in [1.807, 2.05) is 29.0 Å². The topological polar surface area (TPSA) is 41.6 Å². The van der Waals surface area contributed by atoms with Gasteiger partial charge in [-0.05, 0) is 66.0 Å². The lowest BCUT2D eigenvalue weighted by Crippen LogP contribution is -2.41. The zero-order valence-electron chi connectivity index (χ0n) is 14.7. The SMILES string of the molecule is COc1ccc([C@H](CNC(=O)Cc2ccsc2)N2CCCCC2)cc1. The van der Waals surface area contributed by atoms with E-state index < -0.39 is 0 Å². The Morgan fingerprint density at radius 2 is 1.96 bits per heavy atom. The molecule has 0 spiro atoms. The average molecular weight is 359 g/mol. The second-order valence-electron chi connectivity index (χ2n) is 6.50. The van der Waals surface area contributed by atoms with Crippen LogP contribution in [0.1, 0.15) is 36.4 Å². The van der Waals surface area contributed by atoms with Crippen molar-refractivity contribution in [3.63, 3.8) is 0 Å². The maximum Gasteiger partial charge on any atom is 0.224 e. The predicted octanol–water partition coefficient (Wildman–Crippen LogP) is 3.64. The summed E-state index contributed by atoms with van der Waals surface area (Å²) in [6.07, 6.45) is 4.22. The lowest BCUT2D eigenvalue weighted by molar-refractivity contribution is -0.120. The number of amides is 1. The molecule has 1 fully saturated rings. The molecule has 1 aromatic carbocycles. The molecule has 1 saturated heterocycles. The Morgan fingerprint density at radius 3 is 2.60 bits per heavy atom. The summed E-state index contributed by atoms with van der Waals surface area (Å²) in [5, 5.41) is 7.18.